The van der Waals surface area contributed by atoms with Crippen LogP contribution in [0.1, 0.15) is 30.0 Å². The Hall–Kier alpha value is -0.780. The molecule has 0 fully saturated rings. The molecule has 18 heavy (non-hydrogen) atoms. The van der Waals surface area contributed by atoms with Gasteiger partial charge in [-0.2, -0.15) is 0 Å². The molecule has 1 unspecified atom stereocenters. The second kappa shape index (κ2) is 6.41. The van der Waals surface area contributed by atoms with Crippen LogP contribution in [0.3, 0.4) is 0 Å². The van der Waals surface area contributed by atoms with Crippen LogP contribution in [0.25, 0.3) is 0 Å². The van der Waals surface area contributed by atoms with Crippen LogP contribution in [0.5, 0.6) is 0 Å². The molecule has 5 heteroatoms. The lowest BCUT2D eigenvalue weighted by Gasteiger charge is -2.17. The second-order valence-corrected chi connectivity index (χ2v) is 5.77. The first-order valence-corrected chi connectivity index (χ1v) is 7.47. The third kappa shape index (κ3) is 3.16. The average molecular weight is 329 g/mol. The normalized spacial score (nSPS) is 12.6. The van der Waals surface area contributed by atoms with Gasteiger partial charge in [0.2, 0.25) is 0 Å². The predicted molar refractivity (Wildman–Crippen MR) is 76.4 cm³/mol. The highest BCUT2D eigenvalue weighted by Crippen LogP contribution is 2.28. The van der Waals surface area contributed by atoms with Gasteiger partial charge < -0.3 is 5.32 Å². The van der Waals surface area contributed by atoms with Gasteiger partial charge in [0, 0.05) is 21.6 Å². The van der Waals surface area contributed by atoms with Crippen LogP contribution in [-0.4, -0.2) is 11.5 Å². The fourth-order valence-electron chi connectivity index (χ4n) is 1.73. The molecule has 0 saturated heterocycles. The van der Waals surface area contributed by atoms with Crippen molar-refractivity contribution in [3.63, 3.8) is 0 Å². The first kappa shape index (κ1) is 13.6. The number of thiazole rings is 1. The topological polar surface area (TPSA) is 24.9 Å². The lowest BCUT2D eigenvalue weighted by Crippen LogP contribution is -2.24. The summed E-state index contributed by atoms with van der Waals surface area (Å²) in [4.78, 5) is 4.29. The largest absolute Gasteiger partial charge is 0.304 e. The standard InChI is InChI=1S/C13H14BrFN2S/c1-2-5-16-12(13-17-6-7-18-13)10-8-9(14)3-4-11(10)15/h3-4,6-8,12,16H,2,5H2,1H3. The Labute approximate surface area is 118 Å². The summed E-state index contributed by atoms with van der Waals surface area (Å²) in [5.41, 5.74) is 0.632. The van der Waals surface area contributed by atoms with Crippen molar-refractivity contribution in [3.05, 3.63) is 50.6 Å². The Kier molecular flexibility index (Phi) is 4.86. The van der Waals surface area contributed by atoms with E-state index in [0.29, 0.717) is 5.56 Å². The zero-order chi connectivity index (χ0) is 13.0. The third-order valence-electron chi connectivity index (χ3n) is 2.57. The van der Waals surface area contributed by atoms with Crippen LogP contribution in [0.15, 0.2) is 34.2 Å². The predicted octanol–water partition coefficient (Wildman–Crippen LogP) is 4.13. The van der Waals surface area contributed by atoms with Crippen LogP contribution < -0.4 is 5.32 Å². The molecule has 1 atom stereocenters. The van der Waals surface area contributed by atoms with Crippen molar-refractivity contribution in [2.24, 2.45) is 0 Å². The molecule has 0 aliphatic carbocycles. The van der Waals surface area contributed by atoms with Gasteiger partial charge in [-0.1, -0.05) is 22.9 Å². The van der Waals surface area contributed by atoms with Crippen molar-refractivity contribution in [2.75, 3.05) is 6.54 Å². The average Bonchev–Trinajstić information content (AvgIpc) is 2.88. The van der Waals surface area contributed by atoms with Crippen LogP contribution in [0.4, 0.5) is 4.39 Å². The number of hydrogen-bond donors (Lipinski definition) is 1. The molecule has 0 aliphatic heterocycles. The lowest BCUT2D eigenvalue weighted by molar-refractivity contribution is 0.545. The van der Waals surface area contributed by atoms with E-state index in [1.165, 1.54) is 17.4 Å². The van der Waals surface area contributed by atoms with Crippen molar-refractivity contribution < 1.29 is 4.39 Å². The van der Waals surface area contributed by atoms with E-state index in [9.17, 15) is 4.39 Å². The highest BCUT2D eigenvalue weighted by molar-refractivity contribution is 9.10. The van der Waals surface area contributed by atoms with E-state index in [1.807, 2.05) is 11.4 Å². The third-order valence-corrected chi connectivity index (χ3v) is 3.90. The van der Waals surface area contributed by atoms with E-state index < -0.39 is 0 Å². The number of aromatic nitrogens is 1. The molecule has 0 radical (unpaired) electrons. The maximum Gasteiger partial charge on any atom is 0.128 e. The van der Waals surface area contributed by atoms with Crippen LogP contribution in [0, 0.1) is 5.82 Å². The van der Waals surface area contributed by atoms with Gasteiger partial charge in [0.15, 0.2) is 0 Å². The quantitative estimate of drug-likeness (QED) is 0.892. The summed E-state index contributed by atoms with van der Waals surface area (Å²) < 4.78 is 14.8. The Balaban J connectivity index is 2.36. The molecule has 0 amide bonds. The molecular formula is C13H14BrFN2S. The van der Waals surface area contributed by atoms with Gasteiger partial charge in [-0.25, -0.2) is 9.37 Å². The Morgan fingerprint density at radius 3 is 3.00 bits per heavy atom. The van der Waals surface area contributed by atoms with Gasteiger partial charge in [-0.05, 0) is 31.2 Å². The summed E-state index contributed by atoms with van der Waals surface area (Å²) in [6.45, 7) is 2.92. The van der Waals surface area contributed by atoms with Crippen molar-refractivity contribution >= 4 is 27.3 Å². The highest BCUT2D eigenvalue weighted by atomic mass is 79.9. The van der Waals surface area contributed by atoms with E-state index in [0.717, 1.165) is 22.4 Å². The number of nitrogens with one attached hydrogen (secondary N) is 1. The zero-order valence-corrected chi connectivity index (χ0v) is 12.4. The minimum Gasteiger partial charge on any atom is -0.304 e. The van der Waals surface area contributed by atoms with E-state index >= 15 is 0 Å². The first-order chi connectivity index (χ1) is 8.72. The summed E-state index contributed by atoms with van der Waals surface area (Å²) in [6.07, 6.45) is 2.74. The fourth-order valence-corrected chi connectivity index (χ4v) is 2.84. The molecular weight excluding hydrogens is 315 g/mol. The molecule has 0 spiro atoms. The van der Waals surface area contributed by atoms with Crippen LogP contribution in [0.2, 0.25) is 0 Å². The highest BCUT2D eigenvalue weighted by Gasteiger charge is 2.19. The lowest BCUT2D eigenvalue weighted by atomic mass is 10.1. The molecule has 1 N–H and O–H groups in total. The van der Waals surface area contributed by atoms with Crippen molar-refractivity contribution in [1.82, 2.24) is 10.3 Å². The number of benzene rings is 1. The molecule has 1 aromatic carbocycles. The number of hydrogen-bond acceptors (Lipinski definition) is 3. The number of rotatable bonds is 5. The molecule has 0 saturated carbocycles. The monoisotopic (exact) mass is 328 g/mol. The smallest absolute Gasteiger partial charge is 0.128 e. The Morgan fingerprint density at radius 2 is 2.33 bits per heavy atom. The van der Waals surface area contributed by atoms with E-state index in [4.69, 9.17) is 0 Å². The Morgan fingerprint density at radius 1 is 1.50 bits per heavy atom. The maximum absolute atomic E-state index is 14.0. The van der Waals surface area contributed by atoms with E-state index in [1.54, 1.807) is 12.3 Å². The van der Waals surface area contributed by atoms with Gasteiger partial charge in [0.05, 0.1) is 6.04 Å². The van der Waals surface area contributed by atoms with Gasteiger partial charge in [-0.15, -0.1) is 11.3 Å². The summed E-state index contributed by atoms with van der Waals surface area (Å²) >= 11 is 4.92. The molecule has 2 rings (SSSR count). The Bertz CT molecular complexity index is 502. The van der Waals surface area contributed by atoms with Crippen LogP contribution >= 0.6 is 27.3 Å². The van der Waals surface area contributed by atoms with Crippen molar-refractivity contribution in [3.8, 4) is 0 Å². The molecule has 2 aromatic rings. The first-order valence-electron chi connectivity index (χ1n) is 5.80. The zero-order valence-electron chi connectivity index (χ0n) is 9.99. The molecule has 1 aromatic heterocycles. The summed E-state index contributed by atoms with van der Waals surface area (Å²) in [5, 5.41) is 6.14. The molecule has 1 heterocycles. The number of nitrogens with zero attached hydrogens (tertiary/aromatic N) is 1. The van der Waals surface area contributed by atoms with Gasteiger partial charge in [0.25, 0.3) is 0 Å². The minimum atomic E-state index is -0.206. The summed E-state index contributed by atoms with van der Waals surface area (Å²) in [7, 11) is 0. The van der Waals surface area contributed by atoms with E-state index in [2.05, 4.69) is 33.2 Å². The molecule has 2 nitrogen and oxygen atoms in total. The minimum absolute atomic E-state index is 0.178. The SMILES string of the molecule is CCCNC(c1nccs1)c1cc(Br)ccc1F. The maximum atomic E-state index is 14.0. The van der Waals surface area contributed by atoms with Gasteiger partial charge in [0.1, 0.15) is 10.8 Å². The van der Waals surface area contributed by atoms with Gasteiger partial charge >= 0.3 is 0 Å². The van der Waals surface area contributed by atoms with Gasteiger partial charge in [-0.3, -0.25) is 0 Å². The van der Waals surface area contributed by atoms with E-state index in [-0.39, 0.29) is 11.9 Å². The van der Waals surface area contributed by atoms with Crippen LogP contribution in [-0.2, 0) is 0 Å². The second-order valence-electron chi connectivity index (χ2n) is 3.92. The molecule has 96 valence electrons. The molecule has 0 aliphatic rings. The number of halogens is 2. The molecule has 0 bridgehead atoms. The summed E-state index contributed by atoms with van der Waals surface area (Å²) in [5.74, 6) is -0.206. The van der Waals surface area contributed by atoms with Crippen molar-refractivity contribution in [2.45, 2.75) is 19.4 Å². The van der Waals surface area contributed by atoms with Crippen molar-refractivity contribution in [1.29, 1.82) is 0 Å². The summed E-state index contributed by atoms with van der Waals surface area (Å²) in [6, 6.07) is 4.82. The fraction of sp³-hybridized carbons (Fsp3) is 0.308.